The maximum absolute atomic E-state index is 14.3. The van der Waals surface area contributed by atoms with Crippen LogP contribution in [0.4, 0.5) is 8.78 Å². The Morgan fingerprint density at radius 3 is 2.79 bits per heavy atom. The van der Waals surface area contributed by atoms with Gasteiger partial charge < -0.3 is 10.1 Å². The Labute approximate surface area is 113 Å². The molecular formula is C15H21F2NO. The Morgan fingerprint density at radius 2 is 2.16 bits per heavy atom. The van der Waals surface area contributed by atoms with Crippen LogP contribution >= 0.6 is 0 Å². The largest absolute Gasteiger partial charge is 0.378 e. The Balaban J connectivity index is 2.39. The molecule has 2 nitrogen and oxygen atoms in total. The van der Waals surface area contributed by atoms with E-state index in [0.717, 1.165) is 12.8 Å². The summed E-state index contributed by atoms with van der Waals surface area (Å²) in [6, 6.07) is 2.48. The zero-order valence-electron chi connectivity index (χ0n) is 11.7. The molecular weight excluding hydrogens is 248 g/mol. The molecule has 2 rings (SSSR count). The van der Waals surface area contributed by atoms with Crippen LogP contribution in [0.5, 0.6) is 0 Å². The number of nitrogens with one attached hydrogen (secondary N) is 1. The third-order valence-corrected chi connectivity index (χ3v) is 4.03. The standard InChI is InChI=1S/C15H21F2NO/c1-4-12-10(7-8-19-12)15(18-3)13-11(16)6-5-9(2)14(13)17/h5-6,10,12,15,18H,4,7-8H2,1-3H3. The second-order valence-corrected chi connectivity index (χ2v) is 5.13. The quantitative estimate of drug-likeness (QED) is 0.905. The van der Waals surface area contributed by atoms with Crippen LogP contribution in [0.3, 0.4) is 0 Å². The first-order chi connectivity index (χ1) is 9.10. The first-order valence-electron chi connectivity index (χ1n) is 6.83. The van der Waals surface area contributed by atoms with Crippen LogP contribution in [-0.2, 0) is 4.74 Å². The molecule has 0 radical (unpaired) electrons. The Bertz CT molecular complexity index is 450. The smallest absolute Gasteiger partial charge is 0.133 e. The second kappa shape index (κ2) is 5.97. The van der Waals surface area contributed by atoms with Crippen LogP contribution in [0.25, 0.3) is 0 Å². The first-order valence-corrected chi connectivity index (χ1v) is 6.83. The lowest BCUT2D eigenvalue weighted by molar-refractivity contribution is 0.0774. The normalized spacial score (nSPS) is 24.7. The van der Waals surface area contributed by atoms with Crippen molar-refractivity contribution in [1.29, 1.82) is 0 Å². The zero-order valence-corrected chi connectivity index (χ0v) is 11.7. The van der Waals surface area contributed by atoms with Gasteiger partial charge in [-0.2, -0.15) is 0 Å². The molecule has 0 saturated carbocycles. The average molecular weight is 269 g/mol. The summed E-state index contributed by atoms with van der Waals surface area (Å²) in [5, 5.41) is 3.07. The Hall–Kier alpha value is -1.00. The van der Waals surface area contributed by atoms with E-state index >= 15 is 0 Å². The SMILES string of the molecule is CCC1OCCC1C(NC)c1c(F)ccc(C)c1F. The topological polar surface area (TPSA) is 21.3 Å². The molecule has 106 valence electrons. The van der Waals surface area contributed by atoms with Gasteiger partial charge in [0.05, 0.1) is 6.10 Å². The van der Waals surface area contributed by atoms with Crippen molar-refractivity contribution in [3.05, 3.63) is 34.9 Å². The fourth-order valence-corrected chi connectivity index (χ4v) is 3.00. The number of rotatable bonds is 4. The van der Waals surface area contributed by atoms with Gasteiger partial charge in [0.15, 0.2) is 0 Å². The summed E-state index contributed by atoms with van der Waals surface area (Å²) in [6.07, 6.45) is 1.76. The number of ether oxygens (including phenoxy) is 1. The lowest BCUT2D eigenvalue weighted by atomic mass is 9.85. The zero-order chi connectivity index (χ0) is 14.0. The van der Waals surface area contributed by atoms with E-state index < -0.39 is 11.6 Å². The maximum Gasteiger partial charge on any atom is 0.133 e. The molecule has 1 N–H and O–H groups in total. The van der Waals surface area contributed by atoms with Gasteiger partial charge in [-0.1, -0.05) is 13.0 Å². The van der Waals surface area contributed by atoms with E-state index in [0.29, 0.717) is 12.2 Å². The van der Waals surface area contributed by atoms with Gasteiger partial charge in [-0.15, -0.1) is 0 Å². The highest BCUT2D eigenvalue weighted by Gasteiger charge is 2.36. The molecule has 1 fully saturated rings. The summed E-state index contributed by atoms with van der Waals surface area (Å²) in [4.78, 5) is 0. The lowest BCUT2D eigenvalue weighted by Crippen LogP contribution is -2.32. The first kappa shape index (κ1) is 14.4. The van der Waals surface area contributed by atoms with E-state index in [1.165, 1.54) is 12.1 Å². The van der Waals surface area contributed by atoms with Crippen LogP contribution in [0.15, 0.2) is 12.1 Å². The van der Waals surface area contributed by atoms with Crippen LogP contribution in [-0.4, -0.2) is 19.8 Å². The Kier molecular flexibility index (Phi) is 4.53. The van der Waals surface area contributed by atoms with Gasteiger partial charge in [-0.3, -0.25) is 0 Å². The third kappa shape index (κ3) is 2.65. The molecule has 0 aliphatic carbocycles. The van der Waals surface area contributed by atoms with Crippen molar-refractivity contribution in [2.75, 3.05) is 13.7 Å². The molecule has 0 aromatic heterocycles. The summed E-state index contributed by atoms with van der Waals surface area (Å²) in [7, 11) is 1.75. The fourth-order valence-electron chi connectivity index (χ4n) is 3.00. The van der Waals surface area contributed by atoms with Crippen LogP contribution in [0.1, 0.15) is 36.9 Å². The number of hydrogen-bond acceptors (Lipinski definition) is 2. The van der Waals surface area contributed by atoms with Crippen molar-refractivity contribution in [1.82, 2.24) is 5.32 Å². The van der Waals surface area contributed by atoms with Crippen molar-refractivity contribution < 1.29 is 13.5 Å². The molecule has 1 aliphatic rings. The molecule has 1 saturated heterocycles. The molecule has 0 amide bonds. The van der Waals surface area contributed by atoms with Crippen molar-refractivity contribution in [2.45, 2.75) is 38.8 Å². The predicted molar refractivity (Wildman–Crippen MR) is 71.0 cm³/mol. The summed E-state index contributed by atoms with van der Waals surface area (Å²) in [5.74, 6) is -0.814. The molecule has 0 bridgehead atoms. The van der Waals surface area contributed by atoms with Gasteiger partial charge in [0.2, 0.25) is 0 Å². The minimum Gasteiger partial charge on any atom is -0.378 e. The Morgan fingerprint density at radius 1 is 1.42 bits per heavy atom. The summed E-state index contributed by atoms with van der Waals surface area (Å²) < 4.78 is 33.9. The van der Waals surface area contributed by atoms with Crippen molar-refractivity contribution in [2.24, 2.45) is 5.92 Å². The summed E-state index contributed by atoms with van der Waals surface area (Å²) in [6.45, 7) is 4.36. The van der Waals surface area contributed by atoms with E-state index in [-0.39, 0.29) is 23.6 Å². The average Bonchev–Trinajstić information content (AvgIpc) is 2.87. The van der Waals surface area contributed by atoms with Crippen LogP contribution < -0.4 is 5.32 Å². The highest BCUT2D eigenvalue weighted by atomic mass is 19.1. The van der Waals surface area contributed by atoms with Gasteiger partial charge in [-0.05, 0) is 38.4 Å². The van der Waals surface area contributed by atoms with Crippen molar-refractivity contribution in [3.63, 3.8) is 0 Å². The van der Waals surface area contributed by atoms with Crippen LogP contribution in [0, 0.1) is 24.5 Å². The van der Waals surface area contributed by atoms with Gasteiger partial charge in [-0.25, -0.2) is 8.78 Å². The number of benzene rings is 1. The fraction of sp³-hybridized carbons (Fsp3) is 0.600. The molecule has 0 spiro atoms. The third-order valence-electron chi connectivity index (χ3n) is 4.03. The molecule has 3 atom stereocenters. The minimum atomic E-state index is -0.482. The number of halogens is 2. The highest BCUT2D eigenvalue weighted by Crippen LogP contribution is 2.37. The highest BCUT2D eigenvalue weighted by molar-refractivity contribution is 5.30. The van der Waals surface area contributed by atoms with Gasteiger partial charge >= 0.3 is 0 Å². The van der Waals surface area contributed by atoms with Gasteiger partial charge in [0, 0.05) is 24.1 Å². The molecule has 1 aromatic rings. The number of aryl methyl sites for hydroxylation is 1. The lowest BCUT2D eigenvalue weighted by Gasteiger charge is -2.28. The summed E-state index contributed by atoms with van der Waals surface area (Å²) in [5.41, 5.74) is 0.625. The molecule has 19 heavy (non-hydrogen) atoms. The summed E-state index contributed by atoms with van der Waals surface area (Å²) >= 11 is 0. The maximum atomic E-state index is 14.3. The number of hydrogen-bond donors (Lipinski definition) is 1. The van der Waals surface area contributed by atoms with Gasteiger partial charge in [0.25, 0.3) is 0 Å². The van der Waals surface area contributed by atoms with Crippen molar-refractivity contribution in [3.8, 4) is 0 Å². The van der Waals surface area contributed by atoms with E-state index in [1.54, 1.807) is 14.0 Å². The molecule has 1 heterocycles. The van der Waals surface area contributed by atoms with E-state index in [4.69, 9.17) is 4.74 Å². The monoisotopic (exact) mass is 269 g/mol. The van der Waals surface area contributed by atoms with E-state index in [2.05, 4.69) is 5.32 Å². The van der Waals surface area contributed by atoms with E-state index in [1.807, 2.05) is 6.92 Å². The molecule has 3 unspecified atom stereocenters. The second-order valence-electron chi connectivity index (χ2n) is 5.13. The molecule has 1 aromatic carbocycles. The van der Waals surface area contributed by atoms with E-state index in [9.17, 15) is 8.78 Å². The molecule has 1 aliphatic heterocycles. The predicted octanol–water partition coefficient (Wildman–Crippen LogP) is 3.35. The van der Waals surface area contributed by atoms with Gasteiger partial charge in [0.1, 0.15) is 11.6 Å². The molecule has 4 heteroatoms. The van der Waals surface area contributed by atoms with Crippen molar-refractivity contribution >= 4 is 0 Å². The van der Waals surface area contributed by atoms with Crippen LogP contribution in [0.2, 0.25) is 0 Å². The minimum absolute atomic E-state index is 0.0664.